The van der Waals surface area contributed by atoms with Gasteiger partial charge in [0.05, 0.1) is 5.69 Å². The van der Waals surface area contributed by atoms with E-state index in [9.17, 15) is 13.6 Å². The van der Waals surface area contributed by atoms with Crippen molar-refractivity contribution in [3.8, 4) is 0 Å². The van der Waals surface area contributed by atoms with Gasteiger partial charge in [-0.3, -0.25) is 0 Å². The Morgan fingerprint density at radius 1 is 0.968 bits per heavy atom. The Hall–Kier alpha value is -2.43. The number of unbranched alkanes of at least 4 members (excludes halogenated alkanes) is 4. The third-order valence-electron chi connectivity index (χ3n) is 5.67. The average Bonchev–Trinajstić information content (AvgIpc) is 2.75. The van der Waals surface area contributed by atoms with Crippen LogP contribution in [0, 0.1) is 17.6 Å². The second kappa shape index (κ2) is 13.1. The van der Waals surface area contributed by atoms with Crippen molar-refractivity contribution in [2.45, 2.75) is 72.3 Å². The van der Waals surface area contributed by atoms with Gasteiger partial charge in [0.2, 0.25) is 0 Å². The lowest BCUT2D eigenvalue weighted by atomic mass is 9.98. The highest BCUT2D eigenvalue weighted by Gasteiger charge is 2.16. The minimum absolute atomic E-state index is 0.00807. The van der Waals surface area contributed by atoms with Crippen molar-refractivity contribution in [1.82, 2.24) is 4.90 Å². The van der Waals surface area contributed by atoms with Crippen molar-refractivity contribution in [3.63, 3.8) is 0 Å². The minimum Gasteiger partial charge on any atom is -0.320 e. The quantitative estimate of drug-likeness (QED) is 0.346. The van der Waals surface area contributed by atoms with Crippen LogP contribution in [-0.2, 0) is 13.0 Å². The van der Waals surface area contributed by atoms with Gasteiger partial charge >= 0.3 is 6.03 Å². The number of carbonyl (C=O) groups is 1. The molecular formula is C26H36F2N2O. The zero-order valence-electron chi connectivity index (χ0n) is 19.1. The van der Waals surface area contributed by atoms with E-state index in [-0.39, 0.29) is 11.7 Å². The average molecular weight is 431 g/mol. The predicted molar refractivity (Wildman–Crippen MR) is 124 cm³/mol. The lowest BCUT2D eigenvalue weighted by Gasteiger charge is -2.24. The number of urea groups is 1. The van der Waals surface area contributed by atoms with Crippen molar-refractivity contribution in [2.75, 3.05) is 11.9 Å². The second-order valence-corrected chi connectivity index (χ2v) is 8.42. The summed E-state index contributed by atoms with van der Waals surface area (Å²) in [5.74, 6) is -0.798. The maximum absolute atomic E-state index is 14.0. The molecule has 0 aliphatic rings. The summed E-state index contributed by atoms with van der Waals surface area (Å²) in [6, 6.07) is 11.2. The highest BCUT2D eigenvalue weighted by atomic mass is 19.1. The molecule has 3 nitrogen and oxygen atoms in total. The lowest BCUT2D eigenvalue weighted by Crippen LogP contribution is -2.35. The van der Waals surface area contributed by atoms with Crippen molar-refractivity contribution in [1.29, 1.82) is 0 Å². The molecule has 1 unspecified atom stereocenters. The van der Waals surface area contributed by atoms with Crippen LogP contribution in [0.25, 0.3) is 0 Å². The summed E-state index contributed by atoms with van der Waals surface area (Å²) in [7, 11) is 0. The molecule has 2 aromatic carbocycles. The molecular weight excluding hydrogens is 394 g/mol. The fourth-order valence-corrected chi connectivity index (χ4v) is 3.49. The fraction of sp³-hybridized carbons (Fsp3) is 0.500. The van der Waals surface area contributed by atoms with E-state index in [1.165, 1.54) is 18.1 Å². The maximum Gasteiger partial charge on any atom is 0.322 e. The Balaban J connectivity index is 2.05. The molecule has 0 saturated heterocycles. The highest BCUT2D eigenvalue weighted by Crippen LogP contribution is 2.18. The molecule has 0 bridgehead atoms. The molecule has 170 valence electrons. The van der Waals surface area contributed by atoms with E-state index < -0.39 is 11.6 Å². The minimum atomic E-state index is -0.773. The summed E-state index contributed by atoms with van der Waals surface area (Å²) in [5.41, 5.74) is 2.32. The standard InChI is InChI=1S/C26H36F2N2O/c1-4-6-7-8-9-16-30(26(31)29-25-15-14-23(27)18-24(25)28)19-22-12-10-21(11-13-22)17-20(3)5-2/h10-15,18,20H,4-9,16-17,19H2,1-3H3,(H,29,31). The van der Waals surface area contributed by atoms with Gasteiger partial charge in [-0.1, -0.05) is 77.1 Å². The van der Waals surface area contributed by atoms with E-state index in [1.807, 2.05) is 0 Å². The van der Waals surface area contributed by atoms with E-state index >= 15 is 0 Å². The first-order valence-corrected chi connectivity index (χ1v) is 11.5. The summed E-state index contributed by atoms with van der Waals surface area (Å²) < 4.78 is 27.2. The van der Waals surface area contributed by atoms with Crippen LogP contribution in [0.1, 0.15) is 70.4 Å². The molecule has 0 fully saturated rings. The lowest BCUT2D eigenvalue weighted by molar-refractivity contribution is 0.207. The number of hydrogen-bond acceptors (Lipinski definition) is 1. The van der Waals surface area contributed by atoms with E-state index in [0.29, 0.717) is 19.0 Å². The third-order valence-corrected chi connectivity index (χ3v) is 5.67. The normalized spacial score (nSPS) is 11.9. The maximum atomic E-state index is 14.0. The molecule has 2 rings (SSSR count). The van der Waals surface area contributed by atoms with Gasteiger partial charge in [0.15, 0.2) is 0 Å². The highest BCUT2D eigenvalue weighted by molar-refractivity contribution is 5.89. The number of hydrogen-bond donors (Lipinski definition) is 1. The van der Waals surface area contributed by atoms with Gasteiger partial charge in [-0.25, -0.2) is 13.6 Å². The van der Waals surface area contributed by atoms with E-state index in [0.717, 1.165) is 56.2 Å². The Morgan fingerprint density at radius 2 is 1.65 bits per heavy atom. The number of carbonyl (C=O) groups excluding carboxylic acids is 1. The first-order chi connectivity index (χ1) is 14.9. The Morgan fingerprint density at radius 3 is 2.29 bits per heavy atom. The summed E-state index contributed by atoms with van der Waals surface area (Å²) >= 11 is 0. The molecule has 5 heteroatoms. The molecule has 2 aromatic rings. The van der Waals surface area contributed by atoms with Crippen molar-refractivity contribution < 1.29 is 13.6 Å². The molecule has 0 spiro atoms. The molecule has 31 heavy (non-hydrogen) atoms. The number of benzene rings is 2. The molecule has 0 aromatic heterocycles. The number of halogens is 2. The van der Waals surface area contributed by atoms with Gasteiger partial charge in [-0.2, -0.15) is 0 Å². The van der Waals surface area contributed by atoms with Crippen LogP contribution in [0.3, 0.4) is 0 Å². The zero-order valence-corrected chi connectivity index (χ0v) is 19.1. The van der Waals surface area contributed by atoms with Crippen LogP contribution < -0.4 is 5.32 Å². The molecule has 0 saturated carbocycles. The third kappa shape index (κ3) is 8.68. The van der Waals surface area contributed by atoms with Crippen LogP contribution in [-0.4, -0.2) is 17.5 Å². The van der Waals surface area contributed by atoms with Crippen molar-refractivity contribution in [3.05, 3.63) is 65.2 Å². The van der Waals surface area contributed by atoms with Gasteiger partial charge in [0, 0.05) is 19.2 Å². The predicted octanol–water partition coefficient (Wildman–Crippen LogP) is 7.56. The molecule has 0 aliphatic heterocycles. The van der Waals surface area contributed by atoms with Crippen LogP contribution in [0.15, 0.2) is 42.5 Å². The van der Waals surface area contributed by atoms with E-state index in [2.05, 4.69) is 50.4 Å². The largest absolute Gasteiger partial charge is 0.322 e. The number of nitrogens with one attached hydrogen (secondary N) is 1. The Labute approximate surface area is 185 Å². The van der Waals surface area contributed by atoms with Crippen molar-refractivity contribution >= 4 is 11.7 Å². The first-order valence-electron chi connectivity index (χ1n) is 11.5. The van der Waals surface area contributed by atoms with Crippen LogP contribution in [0.2, 0.25) is 0 Å². The molecule has 0 aliphatic carbocycles. The topological polar surface area (TPSA) is 32.3 Å². The van der Waals surface area contributed by atoms with Gasteiger partial charge in [0.1, 0.15) is 11.6 Å². The van der Waals surface area contributed by atoms with Gasteiger partial charge in [-0.05, 0) is 42.0 Å². The molecule has 0 heterocycles. The zero-order chi connectivity index (χ0) is 22.6. The summed E-state index contributed by atoms with van der Waals surface area (Å²) in [5, 5.41) is 2.60. The van der Waals surface area contributed by atoms with Crippen LogP contribution in [0.5, 0.6) is 0 Å². The molecule has 0 radical (unpaired) electrons. The monoisotopic (exact) mass is 430 g/mol. The Bertz CT molecular complexity index is 808. The second-order valence-electron chi connectivity index (χ2n) is 8.42. The summed E-state index contributed by atoms with van der Waals surface area (Å²) in [4.78, 5) is 14.6. The molecule has 1 N–H and O–H groups in total. The molecule has 2 amide bonds. The van der Waals surface area contributed by atoms with E-state index in [4.69, 9.17) is 0 Å². The Kier molecular flexibility index (Phi) is 10.5. The van der Waals surface area contributed by atoms with E-state index in [1.54, 1.807) is 4.90 Å². The summed E-state index contributed by atoms with van der Waals surface area (Å²) in [6.07, 6.45) is 7.63. The van der Waals surface area contributed by atoms with Crippen LogP contribution in [0.4, 0.5) is 19.3 Å². The molecule has 1 atom stereocenters. The van der Waals surface area contributed by atoms with Crippen molar-refractivity contribution in [2.24, 2.45) is 5.92 Å². The van der Waals surface area contributed by atoms with Crippen LogP contribution >= 0.6 is 0 Å². The number of amides is 2. The fourth-order valence-electron chi connectivity index (χ4n) is 3.49. The van der Waals surface area contributed by atoms with Gasteiger partial charge < -0.3 is 10.2 Å². The first kappa shape index (κ1) is 24.8. The SMILES string of the molecule is CCCCCCCN(Cc1ccc(CC(C)CC)cc1)C(=O)Nc1ccc(F)cc1F. The van der Waals surface area contributed by atoms with Gasteiger partial charge in [0.25, 0.3) is 0 Å². The number of rotatable bonds is 12. The van der Waals surface area contributed by atoms with Gasteiger partial charge in [-0.15, -0.1) is 0 Å². The summed E-state index contributed by atoms with van der Waals surface area (Å²) in [6.45, 7) is 7.65. The number of anilines is 1. The smallest absolute Gasteiger partial charge is 0.320 e. The number of nitrogens with zero attached hydrogens (tertiary/aromatic N) is 1.